The average molecular weight is 218 g/mol. The minimum atomic E-state index is -0.291. The Bertz CT molecular complexity index is 195. The summed E-state index contributed by atoms with van der Waals surface area (Å²) in [6.07, 6.45) is 0. The molecule has 0 fully saturated rings. The Morgan fingerprint density at radius 1 is 1.43 bits per heavy atom. The Morgan fingerprint density at radius 2 is 2.07 bits per heavy atom. The van der Waals surface area contributed by atoms with Gasteiger partial charge < -0.3 is 15.4 Å². The van der Waals surface area contributed by atoms with E-state index in [9.17, 15) is 4.79 Å². The third-order valence-corrected chi connectivity index (χ3v) is 1.66. The number of esters is 1. The van der Waals surface area contributed by atoms with Gasteiger partial charge in [0, 0.05) is 6.54 Å². The first-order chi connectivity index (χ1) is 6.56. The van der Waals surface area contributed by atoms with Crippen molar-refractivity contribution in [2.45, 2.75) is 20.8 Å². The van der Waals surface area contributed by atoms with Crippen molar-refractivity contribution >= 4 is 23.3 Å². The lowest BCUT2D eigenvalue weighted by Crippen LogP contribution is -2.40. The fourth-order valence-corrected chi connectivity index (χ4v) is 0.879. The summed E-state index contributed by atoms with van der Waals surface area (Å²) >= 11 is 4.94. The van der Waals surface area contributed by atoms with E-state index >= 15 is 0 Å². The molecule has 0 rings (SSSR count). The van der Waals surface area contributed by atoms with Crippen molar-refractivity contribution in [3.8, 4) is 0 Å². The number of hydrogen-bond acceptors (Lipinski definition) is 3. The Hall–Kier alpha value is -0.840. The van der Waals surface area contributed by atoms with E-state index < -0.39 is 0 Å². The van der Waals surface area contributed by atoms with Gasteiger partial charge in [0.2, 0.25) is 0 Å². The molecular formula is C9H18N2O2S. The van der Waals surface area contributed by atoms with Gasteiger partial charge in [0.15, 0.2) is 5.11 Å². The number of carbonyl (C=O) groups excluding carboxylic acids is 1. The van der Waals surface area contributed by atoms with Crippen LogP contribution in [0.1, 0.15) is 20.8 Å². The van der Waals surface area contributed by atoms with Gasteiger partial charge in [0.1, 0.15) is 6.54 Å². The average Bonchev–Trinajstić information content (AvgIpc) is 2.12. The van der Waals surface area contributed by atoms with Crippen LogP contribution < -0.4 is 10.6 Å². The van der Waals surface area contributed by atoms with Gasteiger partial charge in [-0.05, 0) is 25.1 Å². The Kier molecular flexibility index (Phi) is 7.10. The maximum absolute atomic E-state index is 10.9. The second-order valence-corrected chi connectivity index (χ2v) is 3.67. The van der Waals surface area contributed by atoms with Crippen LogP contribution in [0.15, 0.2) is 0 Å². The highest BCUT2D eigenvalue weighted by molar-refractivity contribution is 7.80. The van der Waals surface area contributed by atoms with Gasteiger partial charge >= 0.3 is 5.97 Å². The number of thiocarbonyl (C=S) groups is 1. The van der Waals surface area contributed by atoms with Crippen LogP contribution in [0.2, 0.25) is 0 Å². The minimum Gasteiger partial charge on any atom is -0.465 e. The molecule has 82 valence electrons. The van der Waals surface area contributed by atoms with Gasteiger partial charge in [0.05, 0.1) is 6.61 Å². The van der Waals surface area contributed by atoms with Crippen LogP contribution in [0.25, 0.3) is 0 Å². The molecule has 0 bridgehead atoms. The van der Waals surface area contributed by atoms with Gasteiger partial charge in [-0.1, -0.05) is 13.8 Å². The van der Waals surface area contributed by atoms with Gasteiger partial charge in [0.25, 0.3) is 0 Å². The van der Waals surface area contributed by atoms with E-state index in [1.54, 1.807) is 6.92 Å². The monoisotopic (exact) mass is 218 g/mol. The number of nitrogens with one attached hydrogen (secondary N) is 2. The standard InChI is InChI=1S/C9H18N2O2S/c1-4-13-8(12)6-11-9(14)10-5-7(2)3/h7H,4-6H2,1-3H3,(H2,10,11,14). The molecule has 0 saturated heterocycles. The van der Waals surface area contributed by atoms with Gasteiger partial charge in [-0.15, -0.1) is 0 Å². The predicted octanol–water partition coefficient (Wildman–Crippen LogP) is 0.670. The van der Waals surface area contributed by atoms with Gasteiger partial charge in [-0.2, -0.15) is 0 Å². The zero-order valence-corrected chi connectivity index (χ0v) is 9.74. The van der Waals surface area contributed by atoms with Crippen LogP contribution in [0.3, 0.4) is 0 Å². The third-order valence-electron chi connectivity index (χ3n) is 1.37. The molecule has 2 N–H and O–H groups in total. The molecule has 0 heterocycles. The molecule has 0 radical (unpaired) electrons. The van der Waals surface area contributed by atoms with E-state index in [1.807, 2.05) is 0 Å². The quantitative estimate of drug-likeness (QED) is 0.525. The molecule has 0 atom stereocenters. The number of carbonyl (C=O) groups is 1. The smallest absolute Gasteiger partial charge is 0.325 e. The topological polar surface area (TPSA) is 50.4 Å². The molecule has 5 heteroatoms. The van der Waals surface area contributed by atoms with Crippen molar-refractivity contribution in [1.29, 1.82) is 0 Å². The molecule has 0 aromatic carbocycles. The first kappa shape index (κ1) is 13.2. The lowest BCUT2D eigenvalue weighted by Gasteiger charge is -2.11. The van der Waals surface area contributed by atoms with Crippen molar-refractivity contribution in [3.05, 3.63) is 0 Å². The van der Waals surface area contributed by atoms with Crippen molar-refractivity contribution in [2.75, 3.05) is 19.7 Å². The Balaban J connectivity index is 3.48. The van der Waals surface area contributed by atoms with Crippen molar-refractivity contribution in [3.63, 3.8) is 0 Å². The van der Waals surface area contributed by atoms with E-state index in [-0.39, 0.29) is 12.5 Å². The second kappa shape index (κ2) is 7.55. The Labute approximate surface area is 90.4 Å². The van der Waals surface area contributed by atoms with Crippen LogP contribution in [0.4, 0.5) is 0 Å². The van der Waals surface area contributed by atoms with Crippen LogP contribution in [-0.2, 0) is 9.53 Å². The SMILES string of the molecule is CCOC(=O)CNC(=S)NCC(C)C. The molecule has 0 aliphatic heterocycles. The van der Waals surface area contributed by atoms with Crippen LogP contribution in [-0.4, -0.2) is 30.8 Å². The normalized spacial score (nSPS) is 9.71. The third kappa shape index (κ3) is 7.79. The fraction of sp³-hybridized carbons (Fsp3) is 0.778. The molecule has 0 amide bonds. The number of hydrogen-bond donors (Lipinski definition) is 2. The summed E-state index contributed by atoms with van der Waals surface area (Å²) in [4.78, 5) is 10.9. The number of ether oxygens (including phenoxy) is 1. The van der Waals surface area contributed by atoms with Crippen LogP contribution >= 0.6 is 12.2 Å². The molecule has 4 nitrogen and oxygen atoms in total. The summed E-state index contributed by atoms with van der Waals surface area (Å²) < 4.78 is 4.73. The van der Waals surface area contributed by atoms with E-state index in [2.05, 4.69) is 24.5 Å². The predicted molar refractivity (Wildman–Crippen MR) is 60.1 cm³/mol. The van der Waals surface area contributed by atoms with E-state index in [4.69, 9.17) is 17.0 Å². The minimum absolute atomic E-state index is 0.123. The zero-order chi connectivity index (χ0) is 11.0. The van der Waals surface area contributed by atoms with E-state index in [0.29, 0.717) is 17.6 Å². The van der Waals surface area contributed by atoms with Crippen molar-refractivity contribution < 1.29 is 9.53 Å². The lowest BCUT2D eigenvalue weighted by molar-refractivity contribution is -0.141. The summed E-state index contributed by atoms with van der Waals surface area (Å²) in [7, 11) is 0. The molecular weight excluding hydrogens is 200 g/mol. The largest absolute Gasteiger partial charge is 0.465 e. The zero-order valence-electron chi connectivity index (χ0n) is 8.92. The van der Waals surface area contributed by atoms with Crippen LogP contribution in [0.5, 0.6) is 0 Å². The molecule has 0 aliphatic rings. The van der Waals surface area contributed by atoms with Crippen molar-refractivity contribution in [2.24, 2.45) is 5.92 Å². The molecule has 14 heavy (non-hydrogen) atoms. The summed E-state index contributed by atoms with van der Waals surface area (Å²) in [5, 5.41) is 6.25. The highest BCUT2D eigenvalue weighted by atomic mass is 32.1. The maximum Gasteiger partial charge on any atom is 0.325 e. The van der Waals surface area contributed by atoms with Gasteiger partial charge in [-0.25, -0.2) is 0 Å². The van der Waals surface area contributed by atoms with Gasteiger partial charge in [-0.3, -0.25) is 4.79 Å². The molecule has 0 saturated carbocycles. The molecule has 0 aliphatic carbocycles. The second-order valence-electron chi connectivity index (χ2n) is 3.26. The summed E-state index contributed by atoms with van der Waals surface area (Å²) in [5.74, 6) is 0.235. The van der Waals surface area contributed by atoms with Crippen LogP contribution in [0, 0.1) is 5.92 Å². The fourth-order valence-electron chi connectivity index (χ4n) is 0.724. The highest BCUT2D eigenvalue weighted by Crippen LogP contribution is 1.86. The molecule has 0 aromatic rings. The first-order valence-electron chi connectivity index (χ1n) is 4.73. The maximum atomic E-state index is 10.9. The summed E-state index contributed by atoms with van der Waals surface area (Å²) in [6, 6.07) is 0. The molecule has 0 unspecified atom stereocenters. The van der Waals surface area contributed by atoms with E-state index in [0.717, 1.165) is 6.54 Å². The highest BCUT2D eigenvalue weighted by Gasteiger charge is 2.02. The summed E-state index contributed by atoms with van der Waals surface area (Å²) in [6.45, 7) is 7.26. The first-order valence-corrected chi connectivity index (χ1v) is 5.14. The van der Waals surface area contributed by atoms with E-state index in [1.165, 1.54) is 0 Å². The van der Waals surface area contributed by atoms with Crippen molar-refractivity contribution in [1.82, 2.24) is 10.6 Å². The molecule has 0 aromatic heterocycles. The number of rotatable bonds is 5. The Morgan fingerprint density at radius 3 is 2.57 bits per heavy atom. The molecule has 0 spiro atoms. The summed E-state index contributed by atoms with van der Waals surface area (Å²) in [5.41, 5.74) is 0. The lowest BCUT2D eigenvalue weighted by atomic mass is 10.2.